The first kappa shape index (κ1) is 20.4. The fourth-order valence-corrected chi connectivity index (χ4v) is 7.18. The van der Waals surface area contributed by atoms with Crippen molar-refractivity contribution in [2.45, 2.75) is 37.9 Å². The Morgan fingerprint density at radius 2 is 1.76 bits per heavy atom. The summed E-state index contributed by atoms with van der Waals surface area (Å²) in [7, 11) is -3.50. The van der Waals surface area contributed by atoms with E-state index in [0.29, 0.717) is 43.5 Å². The molecule has 0 saturated carbocycles. The zero-order chi connectivity index (χ0) is 20.8. The van der Waals surface area contributed by atoms with E-state index in [4.69, 9.17) is 0 Å². The van der Waals surface area contributed by atoms with Crippen LogP contribution in [0, 0.1) is 13.8 Å². The Morgan fingerprint density at radius 3 is 2.45 bits per heavy atom. The second-order valence-corrected chi connectivity index (χ2v) is 11.2. The van der Waals surface area contributed by atoms with Gasteiger partial charge in [-0.1, -0.05) is 12.1 Å². The summed E-state index contributed by atoms with van der Waals surface area (Å²) < 4.78 is 28.5. The van der Waals surface area contributed by atoms with Gasteiger partial charge in [-0.3, -0.25) is 4.79 Å². The Bertz CT molecular complexity index is 1040. The van der Waals surface area contributed by atoms with E-state index in [9.17, 15) is 13.2 Å². The highest BCUT2D eigenvalue weighted by Crippen LogP contribution is 2.33. The molecule has 2 aliphatic rings. The number of fused-ring (bicyclic) bond motifs is 1. The van der Waals surface area contributed by atoms with E-state index in [1.165, 1.54) is 28.2 Å². The molecule has 1 aromatic carbocycles. The molecule has 1 saturated heterocycles. The fourth-order valence-electron chi connectivity index (χ4n) is 4.06. The van der Waals surface area contributed by atoms with Gasteiger partial charge >= 0.3 is 0 Å². The van der Waals surface area contributed by atoms with Crippen LogP contribution in [-0.4, -0.2) is 56.3 Å². The minimum Gasteiger partial charge on any atom is -0.369 e. The third kappa shape index (κ3) is 3.93. The molecular weight excluding hydrogens is 406 g/mol. The summed E-state index contributed by atoms with van der Waals surface area (Å²) in [6.45, 7) is 9.25. The van der Waals surface area contributed by atoms with Crippen LogP contribution in [0.1, 0.15) is 28.5 Å². The van der Waals surface area contributed by atoms with Crippen molar-refractivity contribution in [2.24, 2.45) is 0 Å². The predicted molar refractivity (Wildman–Crippen MR) is 116 cm³/mol. The summed E-state index contributed by atoms with van der Waals surface area (Å²) in [4.78, 5) is 16.8. The van der Waals surface area contributed by atoms with Crippen molar-refractivity contribution >= 4 is 33.0 Å². The summed E-state index contributed by atoms with van der Waals surface area (Å²) in [5, 5.41) is 0. The van der Waals surface area contributed by atoms with Gasteiger partial charge in [-0.05, 0) is 49.1 Å². The highest BCUT2D eigenvalue weighted by atomic mass is 32.2. The summed E-state index contributed by atoms with van der Waals surface area (Å²) in [5.74, 6) is 0.0359. The number of sulfonamides is 1. The molecule has 0 spiro atoms. The molecule has 4 rings (SSSR count). The van der Waals surface area contributed by atoms with Gasteiger partial charge in [-0.25, -0.2) is 8.42 Å². The molecule has 1 amide bonds. The number of piperazine rings is 1. The van der Waals surface area contributed by atoms with Gasteiger partial charge in [0.25, 0.3) is 10.0 Å². The summed E-state index contributed by atoms with van der Waals surface area (Å²) >= 11 is 1.37. The zero-order valence-corrected chi connectivity index (χ0v) is 18.8. The molecule has 3 heterocycles. The number of hydrogen-bond donors (Lipinski definition) is 0. The Balaban J connectivity index is 1.49. The Labute approximate surface area is 176 Å². The molecule has 0 bridgehead atoms. The van der Waals surface area contributed by atoms with Crippen LogP contribution in [0.15, 0.2) is 28.5 Å². The normalized spacial score (nSPS) is 18.0. The number of thiophene rings is 1. The molecule has 0 N–H and O–H groups in total. The van der Waals surface area contributed by atoms with Gasteiger partial charge in [0.05, 0.1) is 0 Å². The molecule has 0 unspecified atom stereocenters. The molecule has 2 aromatic rings. The van der Waals surface area contributed by atoms with Gasteiger partial charge in [-0.2, -0.15) is 4.31 Å². The number of aryl methyl sites for hydroxylation is 2. The second-order valence-electron chi connectivity index (χ2n) is 7.89. The lowest BCUT2D eigenvalue weighted by Crippen LogP contribution is -2.48. The van der Waals surface area contributed by atoms with Gasteiger partial charge in [0.15, 0.2) is 0 Å². The van der Waals surface area contributed by atoms with Gasteiger partial charge in [0.1, 0.15) is 4.21 Å². The number of carbonyl (C=O) groups is 1. The van der Waals surface area contributed by atoms with Crippen molar-refractivity contribution < 1.29 is 13.2 Å². The van der Waals surface area contributed by atoms with Gasteiger partial charge in [0, 0.05) is 56.8 Å². The van der Waals surface area contributed by atoms with Crippen molar-refractivity contribution in [2.75, 3.05) is 37.6 Å². The number of rotatable bonds is 3. The standard InChI is InChI=1S/C21H27N3O3S2/c1-15-4-5-16(2)19(12-15)22-8-10-24(11-9-22)29(26,27)21-13-18-14-23(17(3)25)7-6-20(18)28-21/h4-5,12-13H,6-11,14H2,1-3H3. The topological polar surface area (TPSA) is 60.9 Å². The van der Waals surface area contributed by atoms with Crippen LogP contribution in [0.25, 0.3) is 0 Å². The van der Waals surface area contributed by atoms with E-state index in [0.717, 1.165) is 16.9 Å². The molecular formula is C21H27N3O3S2. The average molecular weight is 434 g/mol. The van der Waals surface area contributed by atoms with Crippen LogP contribution in [0.3, 0.4) is 0 Å². The van der Waals surface area contributed by atoms with E-state index >= 15 is 0 Å². The molecule has 1 fully saturated rings. The first-order chi connectivity index (χ1) is 13.8. The summed E-state index contributed by atoms with van der Waals surface area (Å²) in [6, 6.07) is 8.18. The third-order valence-corrected chi connectivity index (χ3v) is 9.41. The maximum absolute atomic E-state index is 13.2. The summed E-state index contributed by atoms with van der Waals surface area (Å²) in [6.07, 6.45) is 0.732. The van der Waals surface area contributed by atoms with E-state index in [2.05, 4.69) is 36.9 Å². The molecule has 0 aliphatic carbocycles. The molecule has 156 valence electrons. The van der Waals surface area contributed by atoms with Crippen LogP contribution in [0.4, 0.5) is 5.69 Å². The maximum Gasteiger partial charge on any atom is 0.252 e. The van der Waals surface area contributed by atoms with Crippen molar-refractivity contribution in [3.63, 3.8) is 0 Å². The average Bonchev–Trinajstić information content (AvgIpc) is 3.14. The molecule has 0 radical (unpaired) electrons. The quantitative estimate of drug-likeness (QED) is 0.747. The Hall–Kier alpha value is -1.90. The zero-order valence-electron chi connectivity index (χ0n) is 17.1. The number of nitrogens with zero attached hydrogens (tertiary/aromatic N) is 3. The lowest BCUT2D eigenvalue weighted by molar-refractivity contribution is -0.129. The van der Waals surface area contributed by atoms with Crippen molar-refractivity contribution in [1.29, 1.82) is 0 Å². The molecule has 0 atom stereocenters. The van der Waals surface area contributed by atoms with E-state index in [1.807, 2.05) is 0 Å². The fraction of sp³-hybridized carbons (Fsp3) is 0.476. The lowest BCUT2D eigenvalue weighted by atomic mass is 10.1. The number of amides is 1. The van der Waals surface area contributed by atoms with Crippen LogP contribution in [0.2, 0.25) is 0 Å². The van der Waals surface area contributed by atoms with Gasteiger partial charge < -0.3 is 9.80 Å². The van der Waals surface area contributed by atoms with E-state index in [-0.39, 0.29) is 5.91 Å². The van der Waals surface area contributed by atoms with Crippen LogP contribution < -0.4 is 4.90 Å². The van der Waals surface area contributed by atoms with Crippen LogP contribution in [-0.2, 0) is 27.8 Å². The molecule has 1 aromatic heterocycles. The number of carbonyl (C=O) groups excluding carboxylic acids is 1. The molecule has 8 heteroatoms. The third-order valence-electron chi connectivity index (χ3n) is 5.83. The number of benzene rings is 1. The van der Waals surface area contributed by atoms with E-state index in [1.54, 1.807) is 22.2 Å². The molecule has 2 aliphatic heterocycles. The first-order valence-electron chi connectivity index (χ1n) is 9.95. The highest BCUT2D eigenvalue weighted by Gasteiger charge is 2.32. The van der Waals surface area contributed by atoms with Gasteiger partial charge in [0.2, 0.25) is 5.91 Å². The van der Waals surface area contributed by atoms with Crippen LogP contribution >= 0.6 is 11.3 Å². The minimum absolute atomic E-state index is 0.0359. The van der Waals surface area contributed by atoms with Crippen molar-refractivity contribution in [3.8, 4) is 0 Å². The van der Waals surface area contributed by atoms with E-state index < -0.39 is 10.0 Å². The summed E-state index contributed by atoms with van der Waals surface area (Å²) in [5.41, 5.74) is 4.60. The molecule has 6 nitrogen and oxygen atoms in total. The minimum atomic E-state index is -3.50. The Kier molecular flexibility index (Phi) is 5.44. The molecule has 29 heavy (non-hydrogen) atoms. The smallest absolute Gasteiger partial charge is 0.252 e. The second kappa shape index (κ2) is 7.74. The SMILES string of the molecule is CC(=O)N1CCc2sc(S(=O)(=O)N3CCN(c4cc(C)ccc4C)CC3)cc2C1. The highest BCUT2D eigenvalue weighted by molar-refractivity contribution is 7.91. The Morgan fingerprint density at radius 1 is 1.03 bits per heavy atom. The predicted octanol–water partition coefficient (Wildman–Crippen LogP) is 2.78. The largest absolute Gasteiger partial charge is 0.369 e. The van der Waals surface area contributed by atoms with Crippen molar-refractivity contribution in [3.05, 3.63) is 45.8 Å². The monoisotopic (exact) mass is 433 g/mol. The maximum atomic E-state index is 13.2. The number of anilines is 1. The van der Waals surface area contributed by atoms with Crippen LogP contribution in [0.5, 0.6) is 0 Å². The lowest BCUT2D eigenvalue weighted by Gasteiger charge is -2.36. The first-order valence-corrected chi connectivity index (χ1v) is 12.2. The van der Waals surface area contributed by atoms with Crippen molar-refractivity contribution in [1.82, 2.24) is 9.21 Å². The number of hydrogen-bond acceptors (Lipinski definition) is 5. The van der Waals surface area contributed by atoms with Gasteiger partial charge in [-0.15, -0.1) is 11.3 Å².